The van der Waals surface area contributed by atoms with Crippen LogP contribution >= 0.6 is 27.5 Å². The van der Waals surface area contributed by atoms with Gasteiger partial charge in [0, 0.05) is 17.6 Å². The minimum Gasteiger partial charge on any atom is -0.354 e. The van der Waals surface area contributed by atoms with E-state index in [1.165, 1.54) is 11.8 Å². The van der Waals surface area contributed by atoms with Gasteiger partial charge in [-0.25, -0.2) is 8.42 Å². The Morgan fingerprint density at radius 2 is 1.75 bits per heavy atom. The average Bonchev–Trinajstić information content (AvgIpc) is 2.79. The summed E-state index contributed by atoms with van der Waals surface area (Å²) in [5.74, 6) is -1.25. The molecule has 1 unspecified atom stereocenters. The first-order valence-corrected chi connectivity index (χ1v) is 13.8. The second-order valence-electron chi connectivity index (χ2n) is 8.05. The van der Waals surface area contributed by atoms with Crippen molar-refractivity contribution in [1.82, 2.24) is 10.2 Å². The number of rotatable bonds is 10. The number of carbonyl (C=O) groups is 2. The molecule has 2 amide bonds. The molecule has 0 heterocycles. The first kappa shape index (κ1) is 29.9. The van der Waals surface area contributed by atoms with Crippen molar-refractivity contribution in [3.63, 3.8) is 0 Å². The minimum absolute atomic E-state index is 0.0409. The molecule has 13 heteroatoms. The van der Waals surface area contributed by atoms with Crippen molar-refractivity contribution in [2.45, 2.75) is 39.0 Å². The van der Waals surface area contributed by atoms with Crippen LogP contribution in [0.3, 0.4) is 0 Å². The van der Waals surface area contributed by atoms with Crippen LogP contribution < -0.4 is 9.62 Å². The van der Waals surface area contributed by atoms with Gasteiger partial charge < -0.3 is 10.2 Å². The van der Waals surface area contributed by atoms with Gasteiger partial charge in [-0.05, 0) is 49.2 Å². The van der Waals surface area contributed by atoms with Crippen LogP contribution in [0, 0.1) is 0 Å². The molecule has 7 nitrogen and oxygen atoms in total. The summed E-state index contributed by atoms with van der Waals surface area (Å²) in [7, 11) is -4.24. The molecule has 1 N–H and O–H groups in total. The lowest BCUT2D eigenvalue weighted by atomic mass is 10.1. The van der Waals surface area contributed by atoms with E-state index in [4.69, 9.17) is 11.6 Å². The molecule has 0 aromatic heterocycles. The van der Waals surface area contributed by atoms with Crippen LogP contribution in [-0.4, -0.2) is 50.5 Å². The van der Waals surface area contributed by atoms with E-state index in [-0.39, 0.29) is 11.6 Å². The summed E-state index contributed by atoms with van der Waals surface area (Å²) in [4.78, 5) is 27.3. The monoisotopic (exact) mass is 611 g/mol. The third kappa shape index (κ3) is 8.10. The SMILES string of the molecule is CCCNC(=O)C(C)N(Cc1ccc(Br)cc1)C(=O)CN(c1cc(C(F)(F)F)ccc1Cl)S(C)(=O)=O. The predicted molar refractivity (Wildman–Crippen MR) is 136 cm³/mol. The van der Waals surface area contributed by atoms with Gasteiger partial charge in [-0.15, -0.1) is 0 Å². The average molecular weight is 613 g/mol. The Morgan fingerprint density at radius 3 is 2.28 bits per heavy atom. The molecule has 0 aliphatic heterocycles. The molecule has 0 radical (unpaired) electrons. The van der Waals surface area contributed by atoms with Crippen LogP contribution in [0.1, 0.15) is 31.4 Å². The molecular formula is C23H26BrClF3N3O4S. The molecule has 198 valence electrons. The summed E-state index contributed by atoms with van der Waals surface area (Å²) in [5.41, 5.74) is -0.958. The van der Waals surface area contributed by atoms with Crippen molar-refractivity contribution in [2.75, 3.05) is 23.7 Å². The fourth-order valence-electron chi connectivity index (χ4n) is 3.24. The zero-order valence-corrected chi connectivity index (χ0v) is 22.9. The van der Waals surface area contributed by atoms with Gasteiger partial charge in [-0.3, -0.25) is 13.9 Å². The van der Waals surface area contributed by atoms with Crippen LogP contribution in [-0.2, 0) is 32.3 Å². The molecule has 0 aliphatic rings. The zero-order valence-electron chi connectivity index (χ0n) is 19.8. The van der Waals surface area contributed by atoms with E-state index in [9.17, 15) is 31.2 Å². The lowest BCUT2D eigenvalue weighted by Gasteiger charge is -2.32. The van der Waals surface area contributed by atoms with Crippen LogP contribution in [0.2, 0.25) is 5.02 Å². The quantitative estimate of drug-likeness (QED) is 0.417. The molecule has 2 aromatic carbocycles. The first-order valence-electron chi connectivity index (χ1n) is 10.8. The highest BCUT2D eigenvalue weighted by Crippen LogP contribution is 2.36. The van der Waals surface area contributed by atoms with E-state index in [1.807, 2.05) is 6.92 Å². The van der Waals surface area contributed by atoms with Crippen LogP contribution in [0.4, 0.5) is 18.9 Å². The summed E-state index contributed by atoms with van der Waals surface area (Å²) in [6, 6.07) is 8.14. The minimum atomic E-state index is -4.76. The summed E-state index contributed by atoms with van der Waals surface area (Å²) < 4.78 is 66.3. The molecular weight excluding hydrogens is 587 g/mol. The third-order valence-electron chi connectivity index (χ3n) is 5.20. The number of hydrogen-bond acceptors (Lipinski definition) is 4. The third-order valence-corrected chi connectivity index (χ3v) is 7.18. The van der Waals surface area contributed by atoms with Crippen molar-refractivity contribution in [2.24, 2.45) is 0 Å². The van der Waals surface area contributed by atoms with Gasteiger partial charge in [0.2, 0.25) is 21.8 Å². The number of nitrogens with one attached hydrogen (secondary N) is 1. The summed E-state index contributed by atoms with van der Waals surface area (Å²) in [5, 5.41) is 2.41. The van der Waals surface area contributed by atoms with E-state index in [1.54, 1.807) is 24.3 Å². The lowest BCUT2D eigenvalue weighted by molar-refractivity contribution is -0.139. The lowest BCUT2D eigenvalue weighted by Crippen LogP contribution is -2.51. The van der Waals surface area contributed by atoms with Crippen molar-refractivity contribution < 1.29 is 31.2 Å². The predicted octanol–water partition coefficient (Wildman–Crippen LogP) is 4.83. The first-order chi connectivity index (χ1) is 16.6. The fraction of sp³-hybridized carbons (Fsp3) is 0.391. The Bertz CT molecular complexity index is 1190. The highest BCUT2D eigenvalue weighted by atomic mass is 79.9. The van der Waals surface area contributed by atoms with Crippen molar-refractivity contribution in [3.8, 4) is 0 Å². The maximum absolute atomic E-state index is 13.4. The topological polar surface area (TPSA) is 86.8 Å². The smallest absolute Gasteiger partial charge is 0.354 e. The Labute approximate surface area is 221 Å². The van der Waals surface area contributed by atoms with Crippen molar-refractivity contribution >= 4 is 55.1 Å². The molecule has 0 saturated heterocycles. The number of sulfonamides is 1. The molecule has 0 saturated carbocycles. The number of benzene rings is 2. The molecule has 0 bridgehead atoms. The highest BCUT2D eigenvalue weighted by molar-refractivity contribution is 9.10. The number of amides is 2. The van der Waals surface area contributed by atoms with Gasteiger partial charge in [-0.1, -0.05) is 46.6 Å². The van der Waals surface area contributed by atoms with E-state index >= 15 is 0 Å². The maximum Gasteiger partial charge on any atom is 0.416 e. The second-order valence-corrected chi connectivity index (χ2v) is 11.3. The molecule has 0 fully saturated rings. The number of anilines is 1. The van der Waals surface area contributed by atoms with Gasteiger partial charge >= 0.3 is 6.18 Å². The zero-order chi connectivity index (χ0) is 27.3. The van der Waals surface area contributed by atoms with Crippen LogP contribution in [0.15, 0.2) is 46.9 Å². The maximum atomic E-state index is 13.4. The molecule has 2 aromatic rings. The van der Waals surface area contributed by atoms with Crippen LogP contribution in [0.5, 0.6) is 0 Å². The van der Waals surface area contributed by atoms with Gasteiger partial charge in [0.1, 0.15) is 12.6 Å². The van der Waals surface area contributed by atoms with Gasteiger partial charge in [0.25, 0.3) is 0 Å². The number of halogens is 5. The summed E-state index contributed by atoms with van der Waals surface area (Å²) in [6.45, 7) is 2.82. The van der Waals surface area contributed by atoms with Gasteiger partial charge in [-0.2, -0.15) is 13.2 Å². The van der Waals surface area contributed by atoms with Gasteiger partial charge in [0.05, 0.1) is 22.5 Å². The standard InChI is InChI=1S/C23H26BrClF3N3O4S/c1-4-11-29-22(33)15(2)30(13-16-5-8-18(24)9-6-16)21(32)14-31(36(3,34)35)20-12-17(23(26,27)28)7-10-19(20)25/h5-10,12,15H,4,11,13-14H2,1-3H3,(H,29,33). The largest absolute Gasteiger partial charge is 0.416 e. The fourth-order valence-corrected chi connectivity index (χ4v) is 4.63. The number of alkyl halides is 3. The second kappa shape index (κ2) is 12.3. The number of carbonyl (C=O) groups excluding carboxylic acids is 2. The number of nitrogens with zero attached hydrogens (tertiary/aromatic N) is 2. The van der Waals surface area contributed by atoms with Gasteiger partial charge in [0.15, 0.2) is 0 Å². The summed E-state index contributed by atoms with van der Waals surface area (Å²) >= 11 is 9.38. The van der Waals surface area contributed by atoms with Crippen LogP contribution in [0.25, 0.3) is 0 Å². The van der Waals surface area contributed by atoms with E-state index in [0.29, 0.717) is 35.0 Å². The molecule has 0 aliphatic carbocycles. The molecule has 36 heavy (non-hydrogen) atoms. The Kier molecular flexibility index (Phi) is 10.2. The Morgan fingerprint density at radius 1 is 1.14 bits per heavy atom. The normalized spacial score (nSPS) is 12.7. The van der Waals surface area contributed by atoms with Crippen molar-refractivity contribution in [3.05, 3.63) is 63.1 Å². The number of hydrogen-bond donors (Lipinski definition) is 1. The van der Waals surface area contributed by atoms with E-state index in [0.717, 1.165) is 16.8 Å². The van der Waals surface area contributed by atoms with Crippen molar-refractivity contribution in [1.29, 1.82) is 0 Å². The summed E-state index contributed by atoms with van der Waals surface area (Å²) in [6.07, 6.45) is -3.34. The van der Waals surface area contributed by atoms with E-state index < -0.39 is 51.9 Å². The van der Waals surface area contributed by atoms with E-state index in [2.05, 4.69) is 21.2 Å². The molecule has 0 spiro atoms. The molecule has 1 atom stereocenters. The highest BCUT2D eigenvalue weighted by Gasteiger charge is 2.34. The Balaban J connectivity index is 2.47. The molecule has 2 rings (SSSR count). The Hall–Kier alpha value is -2.31.